The molecule has 27 heavy (non-hydrogen) atoms. The summed E-state index contributed by atoms with van der Waals surface area (Å²) in [5.74, 6) is 1.85. The van der Waals surface area contributed by atoms with E-state index in [2.05, 4.69) is 68.8 Å². The molecule has 0 saturated heterocycles. The molecule has 2 heterocycles. The van der Waals surface area contributed by atoms with E-state index in [1.54, 1.807) is 11.8 Å². The van der Waals surface area contributed by atoms with Gasteiger partial charge in [-0.1, -0.05) is 30.3 Å². The highest BCUT2D eigenvalue weighted by Gasteiger charge is 2.25. The first-order valence-electron chi connectivity index (χ1n) is 9.28. The van der Waals surface area contributed by atoms with Crippen LogP contribution in [0.5, 0.6) is 0 Å². The van der Waals surface area contributed by atoms with Gasteiger partial charge in [0.1, 0.15) is 6.54 Å². The van der Waals surface area contributed by atoms with Crippen molar-refractivity contribution in [1.29, 1.82) is 0 Å². The van der Waals surface area contributed by atoms with Gasteiger partial charge in [-0.15, -0.1) is 22.0 Å². The Morgan fingerprint density at radius 1 is 1.11 bits per heavy atom. The summed E-state index contributed by atoms with van der Waals surface area (Å²) in [4.78, 5) is 6.16. The summed E-state index contributed by atoms with van der Waals surface area (Å²) < 4.78 is 2.19. The molecule has 136 valence electrons. The van der Waals surface area contributed by atoms with Gasteiger partial charge in [0.15, 0.2) is 11.6 Å². The highest BCUT2D eigenvalue weighted by Crippen LogP contribution is 2.29. The molecule has 3 aromatic rings. The third-order valence-electron chi connectivity index (χ3n) is 5.05. The van der Waals surface area contributed by atoms with Crippen molar-refractivity contribution in [3.8, 4) is 5.69 Å². The van der Waals surface area contributed by atoms with E-state index in [4.69, 9.17) is 4.99 Å². The number of hydrogen-bond acceptors (Lipinski definition) is 5. The zero-order chi connectivity index (χ0) is 18.2. The maximum absolute atomic E-state index is 4.94. The van der Waals surface area contributed by atoms with Crippen molar-refractivity contribution >= 4 is 17.5 Å². The van der Waals surface area contributed by atoms with Crippen LogP contribution in [0, 0.1) is 0 Å². The Labute approximate surface area is 162 Å². The minimum atomic E-state index is 0.532. The average molecular weight is 376 g/mol. The monoisotopic (exact) mass is 375 g/mol. The zero-order valence-electron chi connectivity index (χ0n) is 15.2. The molecule has 1 aliphatic carbocycles. The molecule has 2 aromatic carbocycles. The average Bonchev–Trinajstić information content (AvgIpc) is 3.49. The van der Waals surface area contributed by atoms with Gasteiger partial charge in [0.05, 0.1) is 17.9 Å². The lowest BCUT2D eigenvalue weighted by Gasteiger charge is -2.15. The Hall–Kier alpha value is -2.44. The number of thioether (sulfide) groups is 1. The first-order chi connectivity index (χ1) is 13.3. The van der Waals surface area contributed by atoms with Gasteiger partial charge in [-0.05, 0) is 37.3 Å². The topological polar surface area (TPSA) is 55.1 Å². The Balaban J connectivity index is 1.65. The molecule has 0 bridgehead atoms. The van der Waals surface area contributed by atoms with Crippen molar-refractivity contribution in [3.05, 3.63) is 71.3 Å². The minimum Gasteiger partial charge on any atom is -0.307 e. The van der Waals surface area contributed by atoms with Crippen LogP contribution in [0.4, 0.5) is 0 Å². The van der Waals surface area contributed by atoms with E-state index in [1.165, 1.54) is 17.7 Å². The van der Waals surface area contributed by atoms with Gasteiger partial charge in [0.25, 0.3) is 0 Å². The van der Waals surface area contributed by atoms with E-state index < -0.39 is 0 Å². The molecule has 0 spiro atoms. The molecule has 0 atom stereocenters. The van der Waals surface area contributed by atoms with Crippen molar-refractivity contribution < 1.29 is 0 Å². The van der Waals surface area contributed by atoms with Crippen LogP contribution in [0.1, 0.15) is 35.6 Å². The fourth-order valence-corrected chi connectivity index (χ4v) is 3.92. The molecule has 2 aliphatic rings. The summed E-state index contributed by atoms with van der Waals surface area (Å²) in [6, 6.07) is 17.6. The van der Waals surface area contributed by atoms with Crippen molar-refractivity contribution in [1.82, 2.24) is 20.1 Å². The largest absolute Gasteiger partial charge is 0.307 e. The van der Waals surface area contributed by atoms with E-state index in [-0.39, 0.29) is 0 Å². The normalized spacial score (nSPS) is 15.7. The van der Waals surface area contributed by atoms with Crippen molar-refractivity contribution in [2.75, 3.05) is 6.26 Å². The third-order valence-corrected chi connectivity index (χ3v) is 5.77. The fraction of sp³-hybridized carbons (Fsp3) is 0.286. The number of nitrogens with one attached hydrogen (secondary N) is 1. The molecule has 1 fully saturated rings. The van der Waals surface area contributed by atoms with Gasteiger partial charge in [0, 0.05) is 22.1 Å². The Bertz CT molecular complexity index is 1000. The molecule has 0 unspecified atom stereocenters. The van der Waals surface area contributed by atoms with Crippen LogP contribution in [0.2, 0.25) is 0 Å². The highest BCUT2D eigenvalue weighted by molar-refractivity contribution is 7.98. The van der Waals surface area contributed by atoms with Crippen molar-refractivity contribution in [2.45, 2.75) is 36.9 Å². The number of nitrogens with zero attached hydrogens (tertiary/aromatic N) is 4. The standard InChI is InChI=1S/C21H21N5S/c1-27-16-9-10-18-17(11-16)21(14-5-3-2-4-6-14)23-13-20-25-24-19(26(18)20)12-22-15-7-8-15/h2-6,9-11,15,22H,7-8,12-13H2,1H3. The second kappa shape index (κ2) is 6.94. The van der Waals surface area contributed by atoms with E-state index in [0.717, 1.165) is 40.7 Å². The minimum absolute atomic E-state index is 0.532. The second-order valence-electron chi connectivity index (χ2n) is 6.94. The summed E-state index contributed by atoms with van der Waals surface area (Å²) in [6.07, 6.45) is 4.62. The lowest BCUT2D eigenvalue weighted by atomic mass is 10.0. The lowest BCUT2D eigenvalue weighted by Crippen LogP contribution is -2.19. The summed E-state index contributed by atoms with van der Waals surface area (Å²) in [7, 11) is 0. The van der Waals surface area contributed by atoms with E-state index in [9.17, 15) is 0 Å². The molecular weight excluding hydrogens is 354 g/mol. The molecular formula is C21H21N5S. The number of aromatic nitrogens is 3. The van der Waals surface area contributed by atoms with Gasteiger partial charge in [-0.3, -0.25) is 9.56 Å². The van der Waals surface area contributed by atoms with Crippen molar-refractivity contribution in [3.63, 3.8) is 0 Å². The smallest absolute Gasteiger partial charge is 0.159 e. The highest BCUT2D eigenvalue weighted by atomic mass is 32.2. The second-order valence-corrected chi connectivity index (χ2v) is 7.82. The van der Waals surface area contributed by atoms with E-state index in [1.807, 2.05) is 6.07 Å². The van der Waals surface area contributed by atoms with Crippen LogP contribution in [0.15, 0.2) is 58.4 Å². The van der Waals surface area contributed by atoms with Gasteiger partial charge in [-0.25, -0.2) is 0 Å². The lowest BCUT2D eigenvalue weighted by molar-refractivity contribution is 0.645. The molecule has 6 heteroatoms. The molecule has 0 radical (unpaired) electrons. The molecule has 1 aliphatic heterocycles. The third kappa shape index (κ3) is 3.19. The maximum atomic E-state index is 4.94. The molecule has 5 rings (SSSR count). The van der Waals surface area contributed by atoms with Gasteiger partial charge in [0.2, 0.25) is 0 Å². The molecule has 1 aromatic heterocycles. The number of fused-ring (bicyclic) bond motifs is 3. The summed E-state index contributed by atoms with van der Waals surface area (Å²) in [6.45, 7) is 1.27. The maximum Gasteiger partial charge on any atom is 0.159 e. The zero-order valence-corrected chi connectivity index (χ0v) is 16.0. The van der Waals surface area contributed by atoms with Gasteiger partial charge >= 0.3 is 0 Å². The van der Waals surface area contributed by atoms with Crippen molar-refractivity contribution in [2.24, 2.45) is 4.99 Å². The summed E-state index contributed by atoms with van der Waals surface area (Å²) >= 11 is 1.75. The van der Waals surface area contributed by atoms with Crippen LogP contribution in [0.25, 0.3) is 5.69 Å². The predicted molar refractivity (Wildman–Crippen MR) is 109 cm³/mol. The predicted octanol–water partition coefficient (Wildman–Crippen LogP) is 3.59. The Kier molecular flexibility index (Phi) is 4.30. The van der Waals surface area contributed by atoms with E-state index >= 15 is 0 Å². The number of hydrogen-bond donors (Lipinski definition) is 1. The number of aliphatic imine (C=N–C) groups is 1. The van der Waals surface area contributed by atoms with Gasteiger partial charge < -0.3 is 5.32 Å². The molecule has 1 N–H and O–H groups in total. The first-order valence-corrected chi connectivity index (χ1v) is 10.5. The quantitative estimate of drug-likeness (QED) is 0.693. The van der Waals surface area contributed by atoms with Crippen LogP contribution in [-0.2, 0) is 13.1 Å². The Morgan fingerprint density at radius 2 is 1.96 bits per heavy atom. The summed E-state index contributed by atoms with van der Waals surface area (Å²) in [5, 5.41) is 12.5. The van der Waals surface area contributed by atoms with Crippen LogP contribution < -0.4 is 5.32 Å². The SMILES string of the molecule is CSc1ccc2c(c1)C(c1ccccc1)=NCc1nnc(CNC3CC3)n1-2. The first kappa shape index (κ1) is 16.7. The number of rotatable bonds is 5. The van der Waals surface area contributed by atoms with E-state index in [0.29, 0.717) is 12.6 Å². The Morgan fingerprint density at radius 3 is 2.74 bits per heavy atom. The molecule has 0 amide bonds. The molecule has 1 saturated carbocycles. The van der Waals surface area contributed by atoms with Gasteiger partial charge in [-0.2, -0.15) is 0 Å². The van der Waals surface area contributed by atoms with Crippen LogP contribution in [0.3, 0.4) is 0 Å². The summed E-state index contributed by atoms with van der Waals surface area (Å²) in [5.41, 5.74) is 4.40. The van der Waals surface area contributed by atoms with Crippen LogP contribution >= 0.6 is 11.8 Å². The van der Waals surface area contributed by atoms with Crippen LogP contribution in [-0.4, -0.2) is 32.8 Å². The molecule has 5 nitrogen and oxygen atoms in total. The number of benzene rings is 2. The fourth-order valence-electron chi connectivity index (χ4n) is 3.48.